The topological polar surface area (TPSA) is 87.1 Å². The van der Waals surface area contributed by atoms with Crippen LogP contribution in [0.3, 0.4) is 0 Å². The summed E-state index contributed by atoms with van der Waals surface area (Å²) in [6, 6.07) is 9.87. The number of hydrogen-bond donors (Lipinski definition) is 2. The van der Waals surface area contributed by atoms with E-state index in [1.54, 1.807) is 7.11 Å². The van der Waals surface area contributed by atoms with E-state index >= 15 is 0 Å². The van der Waals surface area contributed by atoms with Crippen molar-refractivity contribution in [1.29, 1.82) is 0 Å². The lowest BCUT2D eigenvalue weighted by Gasteiger charge is -2.36. The van der Waals surface area contributed by atoms with Crippen LogP contribution in [0.15, 0.2) is 41.5 Å². The Morgan fingerprint density at radius 3 is 2.56 bits per heavy atom. The van der Waals surface area contributed by atoms with Gasteiger partial charge in [-0.3, -0.25) is 14.5 Å². The summed E-state index contributed by atoms with van der Waals surface area (Å²) in [6.45, 7) is 0.00159. The minimum Gasteiger partial charge on any atom is -0.396 e. The molecule has 0 spiro atoms. The SMILES string of the molecule is COCC1=C([C@H](O)CCc2ccccc2)[C@H](CO)[C@@H]2C(=O)N(C)C(=O)[C@@H]2C1. The van der Waals surface area contributed by atoms with Gasteiger partial charge >= 0.3 is 0 Å². The van der Waals surface area contributed by atoms with Crippen molar-refractivity contribution >= 4 is 11.8 Å². The third-order valence-electron chi connectivity index (χ3n) is 5.83. The maximum atomic E-state index is 12.6. The van der Waals surface area contributed by atoms with Crippen LogP contribution < -0.4 is 0 Å². The first-order valence-corrected chi connectivity index (χ1v) is 9.34. The molecule has 27 heavy (non-hydrogen) atoms. The Bertz CT molecular complexity index is 729. The first kappa shape index (κ1) is 19.7. The van der Waals surface area contributed by atoms with E-state index in [0.29, 0.717) is 24.8 Å². The predicted molar refractivity (Wildman–Crippen MR) is 99.6 cm³/mol. The molecule has 1 aliphatic carbocycles. The molecule has 1 aliphatic heterocycles. The molecule has 0 radical (unpaired) electrons. The Morgan fingerprint density at radius 2 is 1.93 bits per heavy atom. The number of rotatable bonds is 7. The molecule has 1 aromatic rings. The highest BCUT2D eigenvalue weighted by molar-refractivity contribution is 6.05. The lowest BCUT2D eigenvalue weighted by Crippen LogP contribution is -2.39. The monoisotopic (exact) mass is 373 g/mol. The summed E-state index contributed by atoms with van der Waals surface area (Å²) in [5.41, 5.74) is 2.62. The maximum Gasteiger partial charge on any atom is 0.233 e. The number of methoxy groups -OCH3 is 1. The van der Waals surface area contributed by atoms with E-state index < -0.39 is 23.9 Å². The highest BCUT2D eigenvalue weighted by atomic mass is 16.5. The molecule has 4 atom stereocenters. The van der Waals surface area contributed by atoms with Crippen molar-refractivity contribution in [2.45, 2.75) is 25.4 Å². The zero-order valence-electron chi connectivity index (χ0n) is 15.8. The van der Waals surface area contributed by atoms with Gasteiger partial charge in [-0.25, -0.2) is 0 Å². The van der Waals surface area contributed by atoms with Crippen molar-refractivity contribution in [2.24, 2.45) is 17.8 Å². The number of amides is 2. The smallest absolute Gasteiger partial charge is 0.233 e. The second kappa shape index (κ2) is 8.33. The van der Waals surface area contributed by atoms with Crippen LogP contribution in [0.1, 0.15) is 18.4 Å². The number of imide groups is 1. The van der Waals surface area contributed by atoms with Gasteiger partial charge < -0.3 is 14.9 Å². The van der Waals surface area contributed by atoms with Crippen LogP contribution >= 0.6 is 0 Å². The van der Waals surface area contributed by atoms with Crippen molar-refractivity contribution in [3.05, 3.63) is 47.0 Å². The van der Waals surface area contributed by atoms with Gasteiger partial charge in [0.05, 0.1) is 31.2 Å². The number of carbonyl (C=O) groups excluding carboxylic acids is 2. The number of hydrogen-bond acceptors (Lipinski definition) is 5. The number of aliphatic hydroxyl groups is 2. The van der Waals surface area contributed by atoms with Gasteiger partial charge in [0.15, 0.2) is 0 Å². The van der Waals surface area contributed by atoms with E-state index in [2.05, 4.69) is 0 Å². The summed E-state index contributed by atoms with van der Waals surface area (Å²) in [5.74, 6) is -2.12. The molecule has 1 saturated heterocycles. The van der Waals surface area contributed by atoms with Crippen molar-refractivity contribution in [3.63, 3.8) is 0 Å². The fraction of sp³-hybridized carbons (Fsp3) is 0.524. The molecular formula is C21H27NO5. The molecule has 0 saturated carbocycles. The zero-order chi connectivity index (χ0) is 19.6. The van der Waals surface area contributed by atoms with Crippen LogP contribution in [0.5, 0.6) is 0 Å². The number of aliphatic hydroxyl groups excluding tert-OH is 2. The molecule has 2 aliphatic rings. The number of ether oxygens (including phenoxy) is 1. The minimum absolute atomic E-state index is 0.213. The van der Waals surface area contributed by atoms with Gasteiger partial charge in [-0.05, 0) is 36.0 Å². The summed E-state index contributed by atoms with van der Waals surface area (Å²) in [7, 11) is 3.05. The molecule has 2 N–H and O–H groups in total. The molecule has 0 unspecified atom stereocenters. The zero-order valence-corrected chi connectivity index (χ0v) is 15.8. The molecule has 0 aromatic heterocycles. The third-order valence-corrected chi connectivity index (χ3v) is 5.83. The lowest BCUT2D eigenvalue weighted by molar-refractivity contribution is -0.138. The molecule has 146 valence electrons. The minimum atomic E-state index is -0.790. The van der Waals surface area contributed by atoms with E-state index in [1.807, 2.05) is 30.3 Å². The average Bonchev–Trinajstić information content (AvgIpc) is 2.90. The number of aryl methyl sites for hydroxylation is 1. The fourth-order valence-electron chi connectivity index (χ4n) is 4.53. The van der Waals surface area contributed by atoms with Crippen molar-refractivity contribution in [1.82, 2.24) is 4.90 Å². The third kappa shape index (κ3) is 3.70. The molecule has 6 nitrogen and oxygen atoms in total. The van der Waals surface area contributed by atoms with E-state index in [0.717, 1.165) is 16.0 Å². The Morgan fingerprint density at radius 1 is 1.22 bits per heavy atom. The molecule has 1 aromatic carbocycles. The summed E-state index contributed by atoms with van der Waals surface area (Å²) in [6.07, 6.45) is 0.771. The van der Waals surface area contributed by atoms with Crippen molar-refractivity contribution < 1.29 is 24.5 Å². The number of carbonyl (C=O) groups is 2. The maximum absolute atomic E-state index is 12.6. The van der Waals surface area contributed by atoms with Gasteiger partial charge in [0.2, 0.25) is 11.8 Å². The summed E-state index contributed by atoms with van der Waals surface area (Å²) in [4.78, 5) is 26.2. The number of fused-ring (bicyclic) bond motifs is 1. The molecular weight excluding hydrogens is 346 g/mol. The van der Waals surface area contributed by atoms with Crippen LogP contribution in [0, 0.1) is 17.8 Å². The normalized spacial score (nSPS) is 26.5. The van der Waals surface area contributed by atoms with Crippen LogP contribution in [0.2, 0.25) is 0 Å². The van der Waals surface area contributed by atoms with E-state index in [9.17, 15) is 19.8 Å². The highest BCUT2D eigenvalue weighted by Crippen LogP contribution is 2.45. The predicted octanol–water partition coefficient (Wildman–Crippen LogP) is 1.17. The van der Waals surface area contributed by atoms with Crippen molar-refractivity contribution in [3.8, 4) is 0 Å². The number of likely N-dealkylation sites (tertiary alicyclic amines) is 1. The molecule has 0 bridgehead atoms. The summed E-state index contributed by atoms with van der Waals surface area (Å²) >= 11 is 0. The van der Waals surface area contributed by atoms with Gasteiger partial charge in [-0.1, -0.05) is 30.3 Å². The Labute approximate surface area is 159 Å². The molecule has 2 amide bonds. The quantitative estimate of drug-likeness (QED) is 0.553. The van der Waals surface area contributed by atoms with Crippen LogP contribution in [0.25, 0.3) is 0 Å². The van der Waals surface area contributed by atoms with Crippen LogP contribution in [-0.2, 0) is 20.7 Å². The Hall–Kier alpha value is -2.02. The lowest BCUT2D eigenvalue weighted by atomic mass is 9.68. The van der Waals surface area contributed by atoms with Crippen molar-refractivity contribution in [2.75, 3.05) is 27.4 Å². The highest BCUT2D eigenvalue weighted by Gasteiger charge is 2.53. The summed E-state index contributed by atoms with van der Waals surface area (Å²) < 4.78 is 5.29. The van der Waals surface area contributed by atoms with Gasteiger partial charge in [0.25, 0.3) is 0 Å². The van der Waals surface area contributed by atoms with Gasteiger partial charge in [-0.15, -0.1) is 0 Å². The summed E-state index contributed by atoms with van der Waals surface area (Å²) in [5, 5.41) is 21.0. The van der Waals surface area contributed by atoms with E-state index in [1.165, 1.54) is 7.05 Å². The van der Waals surface area contributed by atoms with E-state index in [4.69, 9.17) is 4.74 Å². The van der Waals surface area contributed by atoms with Crippen LogP contribution in [0.4, 0.5) is 0 Å². The first-order chi connectivity index (χ1) is 13.0. The van der Waals surface area contributed by atoms with Gasteiger partial charge in [0.1, 0.15) is 0 Å². The Kier molecular flexibility index (Phi) is 6.09. The molecule has 1 fully saturated rings. The second-order valence-electron chi connectivity index (χ2n) is 7.39. The first-order valence-electron chi connectivity index (χ1n) is 9.34. The largest absolute Gasteiger partial charge is 0.396 e. The number of nitrogens with zero attached hydrogens (tertiary/aromatic N) is 1. The average molecular weight is 373 g/mol. The molecule has 3 rings (SSSR count). The molecule has 1 heterocycles. The number of benzene rings is 1. The second-order valence-corrected chi connectivity index (χ2v) is 7.39. The van der Waals surface area contributed by atoms with E-state index in [-0.39, 0.29) is 25.0 Å². The Balaban J connectivity index is 1.88. The molecule has 6 heteroatoms. The standard InChI is InChI=1S/C21H27NO5/c1-22-20(25)15-10-14(12-27-2)18(16(11-23)19(15)21(22)26)17(24)9-8-13-6-4-3-5-7-13/h3-7,15-17,19,23-24H,8-12H2,1-2H3/t15-,16+,17-,19-/m1/s1. The van der Waals surface area contributed by atoms with Crippen LogP contribution in [-0.4, -0.2) is 60.4 Å². The van der Waals surface area contributed by atoms with Gasteiger partial charge in [0, 0.05) is 20.1 Å². The van der Waals surface area contributed by atoms with Gasteiger partial charge in [-0.2, -0.15) is 0 Å². The fourth-order valence-corrected chi connectivity index (χ4v) is 4.53.